The molecule has 1 aromatic rings. The Labute approximate surface area is 116 Å². The van der Waals surface area contributed by atoms with E-state index in [1.54, 1.807) is 7.11 Å². The van der Waals surface area contributed by atoms with Crippen molar-refractivity contribution >= 4 is 0 Å². The summed E-state index contributed by atoms with van der Waals surface area (Å²) in [4.78, 5) is 0. The zero-order chi connectivity index (χ0) is 13.7. The van der Waals surface area contributed by atoms with Crippen molar-refractivity contribution in [2.75, 3.05) is 20.3 Å². The molecular formula is C16H25NO2. The predicted octanol–water partition coefficient (Wildman–Crippen LogP) is 2.97. The van der Waals surface area contributed by atoms with Crippen LogP contribution in [0.4, 0.5) is 0 Å². The summed E-state index contributed by atoms with van der Waals surface area (Å²) in [5, 5.41) is 3.55. The quantitative estimate of drug-likeness (QED) is 0.731. The maximum Gasteiger partial charge on any atom is 0.125 e. The predicted molar refractivity (Wildman–Crippen MR) is 77.8 cm³/mol. The standard InChI is InChI=1S/C16H25NO2/c1-12-9-14(11-17-15-5-6-15)10-13(2)16(12)19-8-4-7-18-3/h9-10,15,17H,4-8,11H2,1-3H3. The normalized spacial score (nSPS) is 14.7. The van der Waals surface area contributed by atoms with Crippen molar-refractivity contribution in [1.29, 1.82) is 0 Å². The minimum absolute atomic E-state index is 0.717. The van der Waals surface area contributed by atoms with Crippen LogP contribution < -0.4 is 10.1 Å². The van der Waals surface area contributed by atoms with Crippen LogP contribution in [0.1, 0.15) is 36.0 Å². The third kappa shape index (κ3) is 4.51. The topological polar surface area (TPSA) is 30.5 Å². The fourth-order valence-electron chi connectivity index (χ4n) is 2.30. The largest absolute Gasteiger partial charge is 0.493 e. The van der Waals surface area contributed by atoms with Crippen LogP contribution in [-0.4, -0.2) is 26.4 Å². The number of rotatable bonds is 8. The zero-order valence-electron chi connectivity index (χ0n) is 12.3. The van der Waals surface area contributed by atoms with Crippen LogP contribution in [0, 0.1) is 13.8 Å². The Morgan fingerprint density at radius 2 is 1.84 bits per heavy atom. The third-order valence-electron chi connectivity index (χ3n) is 3.43. The number of hydrogen-bond donors (Lipinski definition) is 1. The highest BCUT2D eigenvalue weighted by atomic mass is 16.5. The van der Waals surface area contributed by atoms with E-state index in [1.165, 1.54) is 29.5 Å². The maximum atomic E-state index is 5.86. The molecule has 0 heterocycles. The van der Waals surface area contributed by atoms with E-state index in [1.807, 2.05) is 0 Å². The summed E-state index contributed by atoms with van der Waals surface area (Å²) in [6, 6.07) is 5.22. The van der Waals surface area contributed by atoms with Gasteiger partial charge >= 0.3 is 0 Å². The van der Waals surface area contributed by atoms with Crippen LogP contribution in [0.5, 0.6) is 5.75 Å². The molecule has 3 heteroatoms. The molecule has 0 amide bonds. The molecule has 3 nitrogen and oxygen atoms in total. The molecule has 0 saturated heterocycles. The highest BCUT2D eigenvalue weighted by Crippen LogP contribution is 2.26. The van der Waals surface area contributed by atoms with E-state index in [0.29, 0.717) is 0 Å². The molecule has 1 aliphatic carbocycles. The highest BCUT2D eigenvalue weighted by molar-refractivity contribution is 5.43. The number of methoxy groups -OCH3 is 1. The Bertz CT molecular complexity index is 390. The van der Waals surface area contributed by atoms with Crippen molar-refractivity contribution in [3.8, 4) is 5.75 Å². The SMILES string of the molecule is COCCCOc1c(C)cc(CNC2CC2)cc1C. The smallest absolute Gasteiger partial charge is 0.125 e. The summed E-state index contributed by atoms with van der Waals surface area (Å²) in [6.07, 6.45) is 3.59. The molecular weight excluding hydrogens is 238 g/mol. The van der Waals surface area contributed by atoms with Gasteiger partial charge in [-0.25, -0.2) is 0 Å². The number of nitrogens with one attached hydrogen (secondary N) is 1. The molecule has 0 aromatic heterocycles. The lowest BCUT2D eigenvalue weighted by Crippen LogP contribution is -2.15. The number of aryl methyl sites for hydroxylation is 2. The van der Waals surface area contributed by atoms with Gasteiger partial charge in [-0.15, -0.1) is 0 Å². The Balaban J connectivity index is 1.91. The fraction of sp³-hybridized carbons (Fsp3) is 0.625. The van der Waals surface area contributed by atoms with E-state index in [2.05, 4.69) is 31.3 Å². The minimum Gasteiger partial charge on any atom is -0.493 e. The average Bonchev–Trinajstić information content (AvgIpc) is 3.18. The lowest BCUT2D eigenvalue weighted by Gasteiger charge is -2.14. The van der Waals surface area contributed by atoms with Crippen molar-refractivity contribution in [2.45, 2.75) is 45.7 Å². The summed E-state index contributed by atoms with van der Waals surface area (Å²) in [5.41, 5.74) is 3.81. The molecule has 1 aromatic carbocycles. The second-order valence-corrected chi connectivity index (χ2v) is 5.41. The lowest BCUT2D eigenvalue weighted by molar-refractivity contribution is 0.171. The molecule has 1 aliphatic rings. The summed E-state index contributed by atoms with van der Waals surface area (Å²) >= 11 is 0. The molecule has 0 bridgehead atoms. The molecule has 1 N–H and O–H groups in total. The summed E-state index contributed by atoms with van der Waals surface area (Å²) in [6.45, 7) is 6.69. The van der Waals surface area contributed by atoms with Crippen molar-refractivity contribution in [1.82, 2.24) is 5.32 Å². The first kappa shape index (κ1) is 14.4. The molecule has 0 atom stereocenters. The van der Waals surface area contributed by atoms with Gasteiger partial charge in [0.1, 0.15) is 5.75 Å². The van der Waals surface area contributed by atoms with Gasteiger partial charge in [0.05, 0.1) is 6.61 Å². The molecule has 0 spiro atoms. The zero-order valence-corrected chi connectivity index (χ0v) is 12.3. The Kier molecular flexibility index (Phi) is 5.23. The Morgan fingerprint density at radius 3 is 2.42 bits per heavy atom. The lowest BCUT2D eigenvalue weighted by atomic mass is 10.1. The first-order valence-corrected chi connectivity index (χ1v) is 7.16. The molecule has 1 saturated carbocycles. The van der Waals surface area contributed by atoms with E-state index in [0.717, 1.165) is 38.0 Å². The van der Waals surface area contributed by atoms with Crippen LogP contribution in [0.15, 0.2) is 12.1 Å². The molecule has 19 heavy (non-hydrogen) atoms. The first-order valence-electron chi connectivity index (χ1n) is 7.16. The van der Waals surface area contributed by atoms with Crippen molar-refractivity contribution in [3.05, 3.63) is 28.8 Å². The van der Waals surface area contributed by atoms with Crippen LogP contribution >= 0.6 is 0 Å². The molecule has 0 unspecified atom stereocenters. The summed E-state index contributed by atoms with van der Waals surface area (Å²) in [7, 11) is 1.72. The van der Waals surface area contributed by atoms with E-state index < -0.39 is 0 Å². The number of ether oxygens (including phenoxy) is 2. The monoisotopic (exact) mass is 263 g/mol. The van der Waals surface area contributed by atoms with Crippen LogP contribution in [0.25, 0.3) is 0 Å². The van der Waals surface area contributed by atoms with E-state index >= 15 is 0 Å². The minimum atomic E-state index is 0.717. The fourth-order valence-corrected chi connectivity index (χ4v) is 2.30. The van der Waals surface area contributed by atoms with Gasteiger partial charge < -0.3 is 14.8 Å². The van der Waals surface area contributed by atoms with Crippen molar-refractivity contribution < 1.29 is 9.47 Å². The van der Waals surface area contributed by atoms with Crippen LogP contribution in [0.2, 0.25) is 0 Å². The third-order valence-corrected chi connectivity index (χ3v) is 3.43. The van der Waals surface area contributed by atoms with Gasteiger partial charge in [0, 0.05) is 32.7 Å². The van der Waals surface area contributed by atoms with Gasteiger partial charge in [0.25, 0.3) is 0 Å². The van der Waals surface area contributed by atoms with Gasteiger partial charge in [-0.2, -0.15) is 0 Å². The van der Waals surface area contributed by atoms with Crippen molar-refractivity contribution in [3.63, 3.8) is 0 Å². The Morgan fingerprint density at radius 1 is 1.16 bits per heavy atom. The molecule has 1 fully saturated rings. The number of benzene rings is 1. The average molecular weight is 263 g/mol. The second kappa shape index (κ2) is 6.92. The molecule has 0 aliphatic heterocycles. The number of hydrogen-bond acceptors (Lipinski definition) is 3. The van der Waals surface area contributed by atoms with E-state index in [-0.39, 0.29) is 0 Å². The first-order chi connectivity index (χ1) is 9.20. The highest BCUT2D eigenvalue weighted by Gasteiger charge is 2.20. The van der Waals surface area contributed by atoms with Crippen LogP contribution in [-0.2, 0) is 11.3 Å². The molecule has 2 rings (SSSR count). The van der Waals surface area contributed by atoms with Crippen molar-refractivity contribution in [2.24, 2.45) is 0 Å². The molecule has 0 radical (unpaired) electrons. The van der Waals surface area contributed by atoms with E-state index in [4.69, 9.17) is 9.47 Å². The van der Waals surface area contributed by atoms with Gasteiger partial charge in [-0.1, -0.05) is 12.1 Å². The summed E-state index contributed by atoms with van der Waals surface area (Å²) in [5.74, 6) is 1.03. The van der Waals surface area contributed by atoms with Gasteiger partial charge in [-0.05, 0) is 43.4 Å². The van der Waals surface area contributed by atoms with E-state index in [9.17, 15) is 0 Å². The second-order valence-electron chi connectivity index (χ2n) is 5.41. The van der Waals surface area contributed by atoms with Gasteiger partial charge in [0.15, 0.2) is 0 Å². The van der Waals surface area contributed by atoms with Gasteiger partial charge in [-0.3, -0.25) is 0 Å². The van der Waals surface area contributed by atoms with Gasteiger partial charge in [0.2, 0.25) is 0 Å². The maximum absolute atomic E-state index is 5.86. The Hall–Kier alpha value is -1.06. The van der Waals surface area contributed by atoms with Crippen LogP contribution in [0.3, 0.4) is 0 Å². The molecule has 106 valence electrons. The summed E-state index contributed by atoms with van der Waals surface area (Å²) < 4.78 is 10.9.